The summed E-state index contributed by atoms with van der Waals surface area (Å²) in [5.41, 5.74) is 2.39. The molecule has 0 N–H and O–H groups in total. The zero-order valence-electron chi connectivity index (χ0n) is 10.9. The number of carbonyl (C=O) groups is 1. The van der Waals surface area contributed by atoms with E-state index >= 15 is 0 Å². The Kier molecular flexibility index (Phi) is 3.72. The average molecular weight is 243 g/mol. The first-order valence-corrected chi connectivity index (χ1v) is 6.09. The van der Waals surface area contributed by atoms with Crippen LogP contribution < -0.4 is 0 Å². The van der Waals surface area contributed by atoms with Crippen molar-refractivity contribution in [2.75, 3.05) is 6.61 Å². The predicted octanol–water partition coefficient (Wildman–Crippen LogP) is 3.15. The fraction of sp³-hybridized carbons (Fsp3) is 0.333. The van der Waals surface area contributed by atoms with Gasteiger partial charge in [-0.2, -0.15) is 0 Å². The SMILES string of the molecule is Cc1cc(C(=O)COC(C)C)c2ccccc2n1. The molecule has 0 saturated heterocycles. The van der Waals surface area contributed by atoms with Gasteiger partial charge in [-0.05, 0) is 32.9 Å². The van der Waals surface area contributed by atoms with Crippen LogP contribution in [0.4, 0.5) is 0 Å². The molecule has 0 saturated carbocycles. The summed E-state index contributed by atoms with van der Waals surface area (Å²) >= 11 is 0. The van der Waals surface area contributed by atoms with Gasteiger partial charge in [0.1, 0.15) is 6.61 Å². The van der Waals surface area contributed by atoms with E-state index in [9.17, 15) is 4.79 Å². The van der Waals surface area contributed by atoms with Gasteiger partial charge in [0.25, 0.3) is 0 Å². The molecule has 0 amide bonds. The lowest BCUT2D eigenvalue weighted by Gasteiger charge is -2.09. The molecule has 1 aromatic heterocycles. The van der Waals surface area contributed by atoms with E-state index in [4.69, 9.17) is 4.74 Å². The van der Waals surface area contributed by atoms with Crippen molar-refractivity contribution < 1.29 is 9.53 Å². The van der Waals surface area contributed by atoms with Crippen molar-refractivity contribution in [3.63, 3.8) is 0 Å². The number of ether oxygens (including phenoxy) is 1. The summed E-state index contributed by atoms with van der Waals surface area (Å²) in [6.07, 6.45) is 0.0585. The quantitative estimate of drug-likeness (QED) is 0.774. The Labute approximate surface area is 107 Å². The minimum atomic E-state index is 0.00500. The molecular weight excluding hydrogens is 226 g/mol. The fourth-order valence-electron chi connectivity index (χ4n) is 1.86. The van der Waals surface area contributed by atoms with E-state index in [1.54, 1.807) is 0 Å². The molecule has 1 heterocycles. The highest BCUT2D eigenvalue weighted by molar-refractivity contribution is 6.08. The van der Waals surface area contributed by atoms with Gasteiger partial charge in [-0.25, -0.2) is 0 Å². The summed E-state index contributed by atoms with van der Waals surface area (Å²) in [7, 11) is 0. The van der Waals surface area contributed by atoms with Crippen molar-refractivity contribution in [3.05, 3.63) is 41.6 Å². The maximum atomic E-state index is 12.2. The molecule has 0 aliphatic carbocycles. The normalized spacial score (nSPS) is 11.1. The predicted molar refractivity (Wildman–Crippen MR) is 71.9 cm³/mol. The smallest absolute Gasteiger partial charge is 0.189 e. The van der Waals surface area contributed by atoms with Gasteiger partial charge in [0.2, 0.25) is 0 Å². The Hall–Kier alpha value is -1.74. The number of benzene rings is 1. The number of Topliss-reactive ketones (excluding diaryl/α,β-unsaturated/α-hetero) is 1. The number of pyridine rings is 1. The number of ketones is 1. The van der Waals surface area contributed by atoms with Crippen molar-refractivity contribution >= 4 is 16.7 Å². The van der Waals surface area contributed by atoms with Crippen molar-refractivity contribution in [1.29, 1.82) is 0 Å². The van der Waals surface area contributed by atoms with Crippen LogP contribution in [0.25, 0.3) is 10.9 Å². The van der Waals surface area contributed by atoms with Crippen LogP contribution in [0.5, 0.6) is 0 Å². The van der Waals surface area contributed by atoms with Crippen LogP contribution in [0.15, 0.2) is 30.3 Å². The van der Waals surface area contributed by atoms with E-state index in [0.717, 1.165) is 16.6 Å². The summed E-state index contributed by atoms with van der Waals surface area (Å²) in [6, 6.07) is 9.51. The lowest BCUT2D eigenvalue weighted by molar-refractivity contribution is 0.0586. The third-order valence-corrected chi connectivity index (χ3v) is 2.69. The Morgan fingerprint density at radius 1 is 1.33 bits per heavy atom. The van der Waals surface area contributed by atoms with Crippen molar-refractivity contribution in [1.82, 2.24) is 4.98 Å². The second-order valence-corrected chi connectivity index (χ2v) is 4.61. The van der Waals surface area contributed by atoms with E-state index in [1.807, 2.05) is 51.1 Å². The Morgan fingerprint density at radius 2 is 2.06 bits per heavy atom. The van der Waals surface area contributed by atoms with Crippen LogP contribution in [-0.2, 0) is 4.74 Å². The summed E-state index contributed by atoms with van der Waals surface area (Å²) in [5.74, 6) is 0.00500. The van der Waals surface area contributed by atoms with Crippen LogP contribution >= 0.6 is 0 Å². The molecule has 18 heavy (non-hydrogen) atoms. The second-order valence-electron chi connectivity index (χ2n) is 4.61. The number of para-hydroxylation sites is 1. The standard InChI is InChI=1S/C15H17NO2/c1-10(2)18-9-15(17)13-8-11(3)16-14-7-5-4-6-12(13)14/h4-8,10H,9H2,1-3H3. The number of aromatic nitrogens is 1. The van der Waals surface area contributed by atoms with Crippen LogP contribution in [0.2, 0.25) is 0 Å². The molecule has 0 radical (unpaired) electrons. The van der Waals surface area contributed by atoms with E-state index in [0.29, 0.717) is 5.56 Å². The van der Waals surface area contributed by atoms with Gasteiger partial charge in [-0.1, -0.05) is 18.2 Å². The van der Waals surface area contributed by atoms with Crippen molar-refractivity contribution in [2.45, 2.75) is 26.9 Å². The molecule has 0 unspecified atom stereocenters. The number of nitrogens with zero attached hydrogens (tertiary/aromatic N) is 1. The first-order valence-electron chi connectivity index (χ1n) is 6.09. The highest BCUT2D eigenvalue weighted by Gasteiger charge is 2.12. The minimum Gasteiger partial charge on any atom is -0.371 e. The first-order chi connectivity index (χ1) is 8.58. The molecule has 94 valence electrons. The zero-order chi connectivity index (χ0) is 13.1. The van der Waals surface area contributed by atoms with Gasteiger partial charge < -0.3 is 4.74 Å². The largest absolute Gasteiger partial charge is 0.371 e. The molecule has 0 aliphatic rings. The number of hydrogen-bond donors (Lipinski definition) is 0. The molecule has 3 nitrogen and oxygen atoms in total. The molecule has 1 aromatic carbocycles. The van der Waals surface area contributed by atoms with Gasteiger partial charge in [-0.15, -0.1) is 0 Å². The highest BCUT2D eigenvalue weighted by atomic mass is 16.5. The number of hydrogen-bond acceptors (Lipinski definition) is 3. The second kappa shape index (κ2) is 5.27. The summed E-state index contributed by atoms with van der Waals surface area (Å²) in [6.45, 7) is 5.85. The Bertz CT molecular complexity index is 576. The maximum absolute atomic E-state index is 12.2. The molecule has 0 bridgehead atoms. The van der Waals surface area contributed by atoms with Crippen molar-refractivity contribution in [2.24, 2.45) is 0 Å². The van der Waals surface area contributed by atoms with E-state index in [2.05, 4.69) is 4.98 Å². The number of carbonyl (C=O) groups excluding carboxylic acids is 1. The Morgan fingerprint density at radius 3 is 2.78 bits per heavy atom. The molecule has 0 fully saturated rings. The van der Waals surface area contributed by atoms with Gasteiger partial charge in [0.15, 0.2) is 5.78 Å². The zero-order valence-corrected chi connectivity index (χ0v) is 10.9. The molecule has 2 aromatic rings. The van der Waals surface area contributed by atoms with Gasteiger partial charge in [0.05, 0.1) is 11.6 Å². The van der Waals surface area contributed by atoms with E-state index in [1.165, 1.54) is 0 Å². The molecule has 3 heteroatoms. The fourth-order valence-corrected chi connectivity index (χ4v) is 1.86. The highest BCUT2D eigenvalue weighted by Crippen LogP contribution is 2.18. The van der Waals surface area contributed by atoms with Gasteiger partial charge in [0, 0.05) is 16.6 Å². The number of rotatable bonds is 4. The lowest BCUT2D eigenvalue weighted by Crippen LogP contribution is -2.14. The summed E-state index contributed by atoms with van der Waals surface area (Å²) in [4.78, 5) is 16.6. The van der Waals surface area contributed by atoms with Gasteiger partial charge >= 0.3 is 0 Å². The lowest BCUT2D eigenvalue weighted by atomic mass is 10.0. The molecule has 0 aliphatic heterocycles. The number of aryl methyl sites for hydroxylation is 1. The van der Waals surface area contributed by atoms with Gasteiger partial charge in [-0.3, -0.25) is 9.78 Å². The third kappa shape index (κ3) is 2.74. The molecule has 0 spiro atoms. The van der Waals surface area contributed by atoms with Crippen LogP contribution in [0.1, 0.15) is 29.9 Å². The van der Waals surface area contributed by atoms with Crippen LogP contribution in [-0.4, -0.2) is 23.5 Å². The average Bonchev–Trinajstić information content (AvgIpc) is 2.34. The van der Waals surface area contributed by atoms with Crippen molar-refractivity contribution in [3.8, 4) is 0 Å². The number of fused-ring (bicyclic) bond motifs is 1. The monoisotopic (exact) mass is 243 g/mol. The van der Waals surface area contributed by atoms with E-state index in [-0.39, 0.29) is 18.5 Å². The Balaban J connectivity index is 2.40. The summed E-state index contributed by atoms with van der Waals surface area (Å²) in [5, 5.41) is 0.889. The molecule has 2 rings (SSSR count). The van der Waals surface area contributed by atoms with E-state index < -0.39 is 0 Å². The minimum absolute atomic E-state index is 0.00500. The molecular formula is C15H17NO2. The van der Waals surface area contributed by atoms with Crippen LogP contribution in [0.3, 0.4) is 0 Å². The first kappa shape index (κ1) is 12.7. The summed E-state index contributed by atoms with van der Waals surface area (Å²) < 4.78 is 5.38. The maximum Gasteiger partial charge on any atom is 0.189 e. The molecule has 0 atom stereocenters. The third-order valence-electron chi connectivity index (χ3n) is 2.69. The topological polar surface area (TPSA) is 39.2 Å². The van der Waals surface area contributed by atoms with Crippen LogP contribution in [0, 0.1) is 6.92 Å².